The molecule has 5 heteroatoms. The number of hydrogen-bond acceptors (Lipinski definition) is 3. The molecule has 0 amide bonds. The maximum absolute atomic E-state index is 6.09. The van der Waals surface area contributed by atoms with Crippen LogP contribution in [-0.4, -0.2) is 22.9 Å². The van der Waals surface area contributed by atoms with Gasteiger partial charge in [0.25, 0.3) is 0 Å². The van der Waals surface area contributed by atoms with Crippen molar-refractivity contribution in [3.8, 4) is 5.75 Å². The van der Waals surface area contributed by atoms with Crippen LogP contribution >= 0.6 is 11.6 Å². The lowest BCUT2D eigenvalue weighted by Gasteiger charge is -2.14. The SMILES string of the molecule is COc1ccc(CNC(C)Cn2cccn2)cc1Cl. The highest BCUT2D eigenvalue weighted by Gasteiger charge is 2.05. The molecule has 0 radical (unpaired) electrons. The van der Waals surface area contributed by atoms with Crippen molar-refractivity contribution in [1.82, 2.24) is 15.1 Å². The molecule has 2 rings (SSSR count). The highest BCUT2D eigenvalue weighted by atomic mass is 35.5. The third kappa shape index (κ3) is 3.98. The van der Waals surface area contributed by atoms with Crippen LogP contribution in [0, 0.1) is 0 Å². The summed E-state index contributed by atoms with van der Waals surface area (Å²) in [5.74, 6) is 0.704. The van der Waals surface area contributed by atoms with Gasteiger partial charge in [-0.05, 0) is 30.7 Å². The molecule has 0 saturated heterocycles. The standard InChI is InChI=1S/C14H18ClN3O/c1-11(10-18-7-3-6-17-18)16-9-12-4-5-14(19-2)13(15)8-12/h3-8,11,16H,9-10H2,1-2H3. The molecule has 1 unspecified atom stereocenters. The highest BCUT2D eigenvalue weighted by Crippen LogP contribution is 2.24. The van der Waals surface area contributed by atoms with E-state index in [1.165, 1.54) is 0 Å². The van der Waals surface area contributed by atoms with Gasteiger partial charge in [0.1, 0.15) is 5.75 Å². The number of methoxy groups -OCH3 is 1. The monoisotopic (exact) mass is 279 g/mol. The summed E-state index contributed by atoms with van der Waals surface area (Å²) in [4.78, 5) is 0. The van der Waals surface area contributed by atoms with E-state index in [0.29, 0.717) is 16.8 Å². The predicted octanol–water partition coefficient (Wildman–Crippen LogP) is 2.72. The zero-order valence-corrected chi connectivity index (χ0v) is 11.9. The van der Waals surface area contributed by atoms with Crippen LogP contribution in [0.1, 0.15) is 12.5 Å². The second kappa shape index (κ2) is 6.59. The van der Waals surface area contributed by atoms with Crippen molar-refractivity contribution in [2.45, 2.75) is 26.1 Å². The molecule has 0 aliphatic carbocycles. The second-order valence-electron chi connectivity index (χ2n) is 4.48. The molecule has 0 fully saturated rings. The van der Waals surface area contributed by atoms with E-state index < -0.39 is 0 Å². The Bertz CT molecular complexity index is 513. The lowest BCUT2D eigenvalue weighted by molar-refractivity contribution is 0.414. The average Bonchev–Trinajstić information content (AvgIpc) is 2.89. The summed E-state index contributed by atoms with van der Waals surface area (Å²) in [5, 5.41) is 8.27. The molecular weight excluding hydrogens is 262 g/mol. The van der Waals surface area contributed by atoms with Crippen LogP contribution in [-0.2, 0) is 13.1 Å². The maximum atomic E-state index is 6.09. The molecule has 4 nitrogen and oxygen atoms in total. The Balaban J connectivity index is 1.86. The number of ether oxygens (including phenoxy) is 1. The van der Waals surface area contributed by atoms with Gasteiger partial charge in [-0.25, -0.2) is 0 Å². The van der Waals surface area contributed by atoms with Gasteiger partial charge in [0.2, 0.25) is 0 Å². The zero-order valence-electron chi connectivity index (χ0n) is 11.1. The number of nitrogens with zero attached hydrogens (tertiary/aromatic N) is 2. The van der Waals surface area contributed by atoms with E-state index in [1.807, 2.05) is 35.1 Å². The van der Waals surface area contributed by atoms with Crippen LogP contribution in [0.2, 0.25) is 5.02 Å². The van der Waals surface area contributed by atoms with Crippen molar-refractivity contribution in [2.75, 3.05) is 7.11 Å². The van der Waals surface area contributed by atoms with Crippen LogP contribution in [0.3, 0.4) is 0 Å². The number of benzene rings is 1. The van der Waals surface area contributed by atoms with Crippen molar-refractivity contribution in [3.05, 3.63) is 47.2 Å². The number of rotatable bonds is 6. The van der Waals surface area contributed by atoms with Crippen LogP contribution in [0.15, 0.2) is 36.7 Å². The van der Waals surface area contributed by atoms with E-state index in [-0.39, 0.29) is 0 Å². The molecule has 2 aromatic rings. The van der Waals surface area contributed by atoms with Gasteiger partial charge < -0.3 is 10.1 Å². The topological polar surface area (TPSA) is 39.1 Å². The summed E-state index contributed by atoms with van der Waals surface area (Å²) in [6.07, 6.45) is 3.75. The molecule has 0 spiro atoms. The third-order valence-corrected chi connectivity index (χ3v) is 3.19. The van der Waals surface area contributed by atoms with Crippen molar-refractivity contribution < 1.29 is 4.74 Å². The second-order valence-corrected chi connectivity index (χ2v) is 4.89. The van der Waals surface area contributed by atoms with E-state index in [1.54, 1.807) is 13.3 Å². The van der Waals surface area contributed by atoms with Gasteiger partial charge in [0.15, 0.2) is 0 Å². The average molecular weight is 280 g/mol. The molecule has 1 atom stereocenters. The molecule has 1 aromatic heterocycles. The molecule has 1 aromatic carbocycles. The minimum Gasteiger partial charge on any atom is -0.495 e. The quantitative estimate of drug-likeness (QED) is 0.884. The molecule has 0 aliphatic heterocycles. The number of hydrogen-bond donors (Lipinski definition) is 1. The lowest BCUT2D eigenvalue weighted by atomic mass is 10.2. The van der Waals surface area contributed by atoms with Crippen LogP contribution in [0.4, 0.5) is 0 Å². The fourth-order valence-corrected chi connectivity index (χ4v) is 2.15. The summed E-state index contributed by atoms with van der Waals surface area (Å²) in [7, 11) is 1.62. The summed E-state index contributed by atoms with van der Waals surface area (Å²) >= 11 is 6.09. The molecule has 0 saturated carbocycles. The Morgan fingerprint density at radius 1 is 1.47 bits per heavy atom. The number of nitrogens with one attached hydrogen (secondary N) is 1. The Morgan fingerprint density at radius 2 is 2.32 bits per heavy atom. The normalized spacial score (nSPS) is 12.4. The number of halogens is 1. The molecule has 1 N–H and O–H groups in total. The molecular formula is C14H18ClN3O. The summed E-state index contributed by atoms with van der Waals surface area (Å²) in [5.41, 5.74) is 1.14. The minimum atomic E-state index is 0.334. The van der Waals surface area contributed by atoms with Crippen molar-refractivity contribution in [1.29, 1.82) is 0 Å². The highest BCUT2D eigenvalue weighted by molar-refractivity contribution is 6.32. The number of aromatic nitrogens is 2. The van der Waals surface area contributed by atoms with Gasteiger partial charge >= 0.3 is 0 Å². The molecule has 0 bridgehead atoms. The molecule has 102 valence electrons. The van der Waals surface area contributed by atoms with Crippen molar-refractivity contribution in [2.24, 2.45) is 0 Å². The fourth-order valence-electron chi connectivity index (χ4n) is 1.87. The first-order chi connectivity index (χ1) is 9.19. The first kappa shape index (κ1) is 13.9. The first-order valence-electron chi connectivity index (χ1n) is 6.22. The maximum Gasteiger partial charge on any atom is 0.137 e. The van der Waals surface area contributed by atoms with Gasteiger partial charge in [-0.2, -0.15) is 5.10 Å². The van der Waals surface area contributed by atoms with E-state index in [0.717, 1.165) is 18.7 Å². The van der Waals surface area contributed by atoms with Crippen molar-refractivity contribution in [3.63, 3.8) is 0 Å². The Morgan fingerprint density at radius 3 is 2.95 bits per heavy atom. The van der Waals surface area contributed by atoms with Crippen LogP contribution in [0.5, 0.6) is 5.75 Å². The van der Waals surface area contributed by atoms with E-state index in [4.69, 9.17) is 16.3 Å². The van der Waals surface area contributed by atoms with Gasteiger partial charge in [0.05, 0.1) is 18.7 Å². The summed E-state index contributed by atoms with van der Waals surface area (Å²) in [6, 6.07) is 8.08. The van der Waals surface area contributed by atoms with Gasteiger partial charge in [-0.15, -0.1) is 0 Å². The predicted molar refractivity (Wildman–Crippen MR) is 76.5 cm³/mol. The Labute approximate surface area is 118 Å². The van der Waals surface area contributed by atoms with Gasteiger partial charge in [-0.3, -0.25) is 4.68 Å². The summed E-state index contributed by atoms with van der Waals surface area (Å²) < 4.78 is 7.05. The lowest BCUT2D eigenvalue weighted by Crippen LogP contribution is -2.30. The first-order valence-corrected chi connectivity index (χ1v) is 6.60. The smallest absolute Gasteiger partial charge is 0.137 e. The Kier molecular flexibility index (Phi) is 4.82. The fraction of sp³-hybridized carbons (Fsp3) is 0.357. The van der Waals surface area contributed by atoms with E-state index in [9.17, 15) is 0 Å². The molecule has 19 heavy (non-hydrogen) atoms. The third-order valence-electron chi connectivity index (χ3n) is 2.89. The van der Waals surface area contributed by atoms with Gasteiger partial charge in [-0.1, -0.05) is 17.7 Å². The van der Waals surface area contributed by atoms with Crippen LogP contribution in [0.25, 0.3) is 0 Å². The van der Waals surface area contributed by atoms with E-state index >= 15 is 0 Å². The minimum absolute atomic E-state index is 0.334. The molecule has 0 aliphatic rings. The van der Waals surface area contributed by atoms with E-state index in [2.05, 4.69) is 17.3 Å². The Hall–Kier alpha value is -1.52. The van der Waals surface area contributed by atoms with Crippen molar-refractivity contribution >= 4 is 11.6 Å². The van der Waals surface area contributed by atoms with Crippen LogP contribution < -0.4 is 10.1 Å². The molecule has 1 heterocycles. The zero-order chi connectivity index (χ0) is 13.7. The van der Waals surface area contributed by atoms with Gasteiger partial charge in [0, 0.05) is 25.0 Å². The summed E-state index contributed by atoms with van der Waals surface area (Å²) in [6.45, 7) is 3.75. The largest absolute Gasteiger partial charge is 0.495 e.